The summed E-state index contributed by atoms with van der Waals surface area (Å²) in [4.78, 5) is 33.8. The molecule has 7 nitrogen and oxygen atoms in total. The molecule has 0 aliphatic heterocycles. The molecule has 98 valence electrons. The van der Waals surface area contributed by atoms with Crippen molar-refractivity contribution in [3.8, 4) is 0 Å². The summed E-state index contributed by atoms with van der Waals surface area (Å²) in [6.45, 7) is 0. The van der Waals surface area contributed by atoms with Crippen LogP contribution in [0.2, 0.25) is 0 Å². The number of hydrogen-bond donors (Lipinski definition) is 4. The first-order chi connectivity index (χ1) is 8.41. The van der Waals surface area contributed by atoms with Crippen LogP contribution in [0.1, 0.15) is 17.3 Å². The van der Waals surface area contributed by atoms with E-state index in [-0.39, 0.29) is 0 Å². The fourth-order valence-electron chi connectivity index (χ4n) is 1.26. The van der Waals surface area contributed by atoms with Crippen molar-refractivity contribution in [2.45, 2.75) is 18.5 Å². The van der Waals surface area contributed by atoms with Gasteiger partial charge in [-0.2, -0.15) is 0 Å². The number of aliphatic carboxylic acids is 1. The van der Waals surface area contributed by atoms with Crippen LogP contribution in [0.3, 0.4) is 0 Å². The van der Waals surface area contributed by atoms with Crippen LogP contribution in [0.25, 0.3) is 0 Å². The first-order valence-electron chi connectivity index (χ1n) is 5.02. The van der Waals surface area contributed by atoms with E-state index in [4.69, 9.17) is 16.6 Å². The van der Waals surface area contributed by atoms with E-state index < -0.39 is 36.3 Å². The van der Waals surface area contributed by atoms with Crippen LogP contribution in [0.15, 0.2) is 17.5 Å². The van der Waals surface area contributed by atoms with Crippen LogP contribution >= 0.6 is 11.3 Å². The maximum absolute atomic E-state index is 11.7. The Morgan fingerprint density at radius 1 is 1.44 bits per heavy atom. The number of rotatable bonds is 6. The molecule has 0 saturated carbocycles. The van der Waals surface area contributed by atoms with Crippen LogP contribution in [-0.4, -0.2) is 28.9 Å². The summed E-state index contributed by atoms with van der Waals surface area (Å²) in [7, 11) is 0. The van der Waals surface area contributed by atoms with E-state index >= 15 is 0 Å². The van der Waals surface area contributed by atoms with Gasteiger partial charge < -0.3 is 21.9 Å². The second-order valence-electron chi connectivity index (χ2n) is 3.56. The second-order valence-corrected chi connectivity index (χ2v) is 4.54. The van der Waals surface area contributed by atoms with Gasteiger partial charge in [0.1, 0.15) is 12.1 Å². The molecule has 0 spiro atoms. The Morgan fingerprint density at radius 2 is 2.11 bits per heavy atom. The lowest BCUT2D eigenvalue weighted by atomic mass is 10.1. The van der Waals surface area contributed by atoms with Crippen molar-refractivity contribution in [3.63, 3.8) is 0 Å². The molecule has 1 rings (SSSR count). The van der Waals surface area contributed by atoms with Gasteiger partial charge in [-0.25, -0.2) is 4.79 Å². The highest BCUT2D eigenvalue weighted by Gasteiger charge is 2.25. The molecule has 2 unspecified atom stereocenters. The van der Waals surface area contributed by atoms with E-state index in [1.54, 1.807) is 17.5 Å². The maximum Gasteiger partial charge on any atom is 0.326 e. The van der Waals surface area contributed by atoms with Crippen molar-refractivity contribution in [2.75, 3.05) is 0 Å². The normalized spacial score (nSPS) is 13.6. The molecule has 6 N–H and O–H groups in total. The van der Waals surface area contributed by atoms with Gasteiger partial charge >= 0.3 is 5.97 Å². The smallest absolute Gasteiger partial charge is 0.326 e. The molecule has 1 aromatic rings. The molecular weight excluding hydrogens is 258 g/mol. The minimum Gasteiger partial charge on any atom is -0.480 e. The van der Waals surface area contributed by atoms with Gasteiger partial charge in [-0.1, -0.05) is 6.07 Å². The van der Waals surface area contributed by atoms with E-state index in [9.17, 15) is 14.4 Å². The van der Waals surface area contributed by atoms with Gasteiger partial charge in [-0.3, -0.25) is 9.59 Å². The monoisotopic (exact) mass is 271 g/mol. The fourth-order valence-corrected chi connectivity index (χ4v) is 1.99. The van der Waals surface area contributed by atoms with Crippen LogP contribution in [0.5, 0.6) is 0 Å². The van der Waals surface area contributed by atoms with Gasteiger partial charge in [0.05, 0.1) is 6.42 Å². The first kappa shape index (κ1) is 14.1. The van der Waals surface area contributed by atoms with E-state index in [0.29, 0.717) is 4.88 Å². The van der Waals surface area contributed by atoms with Gasteiger partial charge in [-0.15, -0.1) is 11.3 Å². The predicted molar refractivity (Wildman–Crippen MR) is 64.6 cm³/mol. The Hall–Kier alpha value is -1.93. The molecule has 0 aromatic carbocycles. The van der Waals surface area contributed by atoms with Gasteiger partial charge in [0.2, 0.25) is 11.8 Å². The molecule has 2 amide bonds. The molecule has 0 aliphatic rings. The summed E-state index contributed by atoms with van der Waals surface area (Å²) < 4.78 is 0. The molecule has 2 atom stereocenters. The number of nitrogens with one attached hydrogen (secondary N) is 1. The lowest BCUT2D eigenvalue weighted by molar-refractivity contribution is -0.143. The standard InChI is InChI=1S/C10H13N3O4S/c11-7(14)4-5(10(16)17)13-9(15)8(12)6-2-1-3-18-6/h1-3,5,8H,4,12H2,(H2,11,14)(H,13,15)(H,16,17). The van der Waals surface area contributed by atoms with E-state index in [2.05, 4.69) is 5.32 Å². The van der Waals surface area contributed by atoms with Gasteiger partial charge in [0, 0.05) is 4.88 Å². The Bertz CT molecular complexity index is 446. The molecule has 1 aromatic heterocycles. The highest BCUT2D eigenvalue weighted by molar-refractivity contribution is 7.10. The molecule has 1 heterocycles. The Morgan fingerprint density at radius 3 is 2.56 bits per heavy atom. The van der Waals surface area contributed by atoms with Crippen molar-refractivity contribution in [1.29, 1.82) is 0 Å². The SMILES string of the molecule is NC(=O)CC(NC(=O)C(N)c1cccs1)C(=O)O. The molecule has 0 fully saturated rings. The molecular formula is C10H13N3O4S. The molecule has 0 bridgehead atoms. The summed E-state index contributed by atoms with van der Waals surface area (Å²) in [6, 6.07) is 1.07. The zero-order chi connectivity index (χ0) is 13.7. The van der Waals surface area contributed by atoms with Crippen LogP contribution < -0.4 is 16.8 Å². The lowest BCUT2D eigenvalue weighted by Crippen LogP contribution is -2.46. The zero-order valence-electron chi connectivity index (χ0n) is 9.33. The summed E-state index contributed by atoms with van der Waals surface area (Å²) in [5.41, 5.74) is 10.5. The largest absolute Gasteiger partial charge is 0.480 e. The number of primary amides is 1. The quantitative estimate of drug-likeness (QED) is 0.536. The van der Waals surface area contributed by atoms with E-state index in [1.807, 2.05) is 0 Å². The van der Waals surface area contributed by atoms with Crippen LogP contribution in [-0.2, 0) is 14.4 Å². The third-order valence-electron chi connectivity index (χ3n) is 2.15. The predicted octanol–water partition coefficient (Wildman–Crippen LogP) is -0.807. The second kappa shape index (κ2) is 6.12. The highest BCUT2D eigenvalue weighted by atomic mass is 32.1. The van der Waals surface area contributed by atoms with E-state index in [1.165, 1.54) is 11.3 Å². The van der Waals surface area contributed by atoms with Gasteiger partial charge in [0.25, 0.3) is 0 Å². The Balaban J connectivity index is 2.66. The maximum atomic E-state index is 11.7. The van der Waals surface area contributed by atoms with Crippen molar-refractivity contribution in [2.24, 2.45) is 11.5 Å². The number of carbonyl (C=O) groups excluding carboxylic acids is 2. The Kier molecular flexibility index (Phi) is 4.81. The summed E-state index contributed by atoms with van der Waals surface area (Å²) in [6.07, 6.45) is -0.474. The summed E-state index contributed by atoms with van der Waals surface area (Å²) in [5.74, 6) is -2.81. The molecule has 0 aliphatic carbocycles. The molecule has 0 saturated heterocycles. The number of thiophene rings is 1. The number of carbonyl (C=O) groups is 3. The van der Waals surface area contributed by atoms with Gasteiger partial charge in [0.15, 0.2) is 0 Å². The van der Waals surface area contributed by atoms with E-state index in [0.717, 1.165) is 0 Å². The van der Waals surface area contributed by atoms with Crippen LogP contribution in [0.4, 0.5) is 0 Å². The summed E-state index contributed by atoms with van der Waals surface area (Å²) in [5, 5.41) is 12.8. The number of carboxylic acid groups (broad SMARTS) is 1. The average Bonchev–Trinajstić information content (AvgIpc) is 2.79. The van der Waals surface area contributed by atoms with Crippen molar-refractivity contribution in [1.82, 2.24) is 5.32 Å². The number of nitrogens with two attached hydrogens (primary N) is 2. The number of hydrogen-bond acceptors (Lipinski definition) is 5. The zero-order valence-corrected chi connectivity index (χ0v) is 10.1. The topological polar surface area (TPSA) is 136 Å². The first-order valence-corrected chi connectivity index (χ1v) is 5.90. The summed E-state index contributed by atoms with van der Waals surface area (Å²) >= 11 is 1.28. The third-order valence-corrected chi connectivity index (χ3v) is 3.11. The number of carboxylic acids is 1. The average molecular weight is 271 g/mol. The molecule has 18 heavy (non-hydrogen) atoms. The third kappa shape index (κ3) is 3.82. The molecule has 8 heteroatoms. The molecule has 0 radical (unpaired) electrons. The van der Waals surface area contributed by atoms with Gasteiger partial charge in [-0.05, 0) is 11.4 Å². The Labute approximate surface area is 107 Å². The van der Waals surface area contributed by atoms with Crippen molar-refractivity contribution >= 4 is 29.1 Å². The number of amides is 2. The minimum atomic E-state index is -1.36. The lowest BCUT2D eigenvalue weighted by Gasteiger charge is -2.15. The van der Waals surface area contributed by atoms with Crippen molar-refractivity contribution in [3.05, 3.63) is 22.4 Å². The van der Waals surface area contributed by atoms with Crippen molar-refractivity contribution < 1.29 is 19.5 Å². The minimum absolute atomic E-state index is 0.474. The van der Waals surface area contributed by atoms with Crippen LogP contribution in [0, 0.1) is 0 Å². The highest BCUT2D eigenvalue weighted by Crippen LogP contribution is 2.16. The fraction of sp³-hybridized carbons (Fsp3) is 0.300.